The highest BCUT2D eigenvalue weighted by Gasteiger charge is 2.13. The zero-order valence-electron chi connectivity index (χ0n) is 11.2. The maximum absolute atomic E-state index is 11.8. The third-order valence-corrected chi connectivity index (χ3v) is 3.30. The van der Waals surface area contributed by atoms with Crippen LogP contribution in [0, 0.1) is 0 Å². The van der Waals surface area contributed by atoms with Crippen LogP contribution in [0.15, 0.2) is 18.2 Å². The van der Waals surface area contributed by atoms with E-state index in [1.165, 1.54) is 12.8 Å². The predicted molar refractivity (Wildman–Crippen MR) is 73.4 cm³/mol. The molecule has 5 nitrogen and oxygen atoms in total. The van der Waals surface area contributed by atoms with Crippen LogP contribution in [-0.4, -0.2) is 44.2 Å². The van der Waals surface area contributed by atoms with Gasteiger partial charge in [0.25, 0.3) is 0 Å². The highest BCUT2D eigenvalue weighted by Crippen LogP contribution is 2.22. The molecule has 0 spiro atoms. The SMILES string of the molecule is COc1ccc(C(=O)OCCN2CCCC2)cc1N. The quantitative estimate of drug-likeness (QED) is 0.645. The molecule has 1 saturated heterocycles. The molecule has 0 amide bonds. The summed E-state index contributed by atoms with van der Waals surface area (Å²) in [5.41, 5.74) is 6.66. The molecule has 0 bridgehead atoms. The zero-order valence-corrected chi connectivity index (χ0v) is 11.2. The number of anilines is 1. The Morgan fingerprint density at radius 3 is 2.74 bits per heavy atom. The van der Waals surface area contributed by atoms with Gasteiger partial charge in [0.15, 0.2) is 0 Å². The van der Waals surface area contributed by atoms with Crippen LogP contribution in [0.4, 0.5) is 5.69 Å². The van der Waals surface area contributed by atoms with Gasteiger partial charge in [-0.25, -0.2) is 4.79 Å². The van der Waals surface area contributed by atoms with Crippen LogP contribution in [0.1, 0.15) is 23.2 Å². The van der Waals surface area contributed by atoms with E-state index in [4.69, 9.17) is 15.2 Å². The van der Waals surface area contributed by atoms with Gasteiger partial charge in [-0.1, -0.05) is 0 Å². The van der Waals surface area contributed by atoms with Crippen LogP contribution in [0.5, 0.6) is 5.75 Å². The Labute approximate surface area is 113 Å². The number of benzene rings is 1. The van der Waals surface area contributed by atoms with Gasteiger partial charge in [0.05, 0.1) is 18.4 Å². The van der Waals surface area contributed by atoms with E-state index in [2.05, 4.69) is 4.90 Å². The van der Waals surface area contributed by atoms with Crippen molar-refractivity contribution in [3.05, 3.63) is 23.8 Å². The molecule has 19 heavy (non-hydrogen) atoms. The fraction of sp³-hybridized carbons (Fsp3) is 0.500. The van der Waals surface area contributed by atoms with E-state index in [9.17, 15) is 4.79 Å². The lowest BCUT2D eigenvalue weighted by atomic mass is 10.2. The molecule has 2 N–H and O–H groups in total. The fourth-order valence-electron chi connectivity index (χ4n) is 2.22. The molecule has 1 fully saturated rings. The van der Waals surface area contributed by atoms with Gasteiger partial charge in [0.1, 0.15) is 12.4 Å². The standard InChI is InChI=1S/C14H20N2O3/c1-18-13-5-4-11(10-12(13)15)14(17)19-9-8-16-6-2-3-7-16/h4-5,10H,2-3,6-9,15H2,1H3. The van der Waals surface area contributed by atoms with Crippen molar-refractivity contribution in [2.75, 3.05) is 39.1 Å². The molecule has 0 radical (unpaired) electrons. The molecule has 5 heteroatoms. The zero-order chi connectivity index (χ0) is 13.7. The first-order chi connectivity index (χ1) is 9.20. The molecular weight excluding hydrogens is 244 g/mol. The van der Waals surface area contributed by atoms with Crippen LogP contribution in [0.25, 0.3) is 0 Å². The van der Waals surface area contributed by atoms with Crippen molar-refractivity contribution in [2.24, 2.45) is 0 Å². The summed E-state index contributed by atoms with van der Waals surface area (Å²) in [5, 5.41) is 0. The van der Waals surface area contributed by atoms with Crippen molar-refractivity contribution in [1.82, 2.24) is 4.90 Å². The minimum absolute atomic E-state index is 0.339. The molecule has 2 rings (SSSR count). The first-order valence-corrected chi connectivity index (χ1v) is 6.53. The molecule has 0 aliphatic carbocycles. The van der Waals surface area contributed by atoms with Gasteiger partial charge in [-0.2, -0.15) is 0 Å². The number of esters is 1. The number of hydrogen-bond donors (Lipinski definition) is 1. The van der Waals surface area contributed by atoms with E-state index >= 15 is 0 Å². The Morgan fingerprint density at radius 1 is 1.37 bits per heavy atom. The summed E-state index contributed by atoms with van der Waals surface area (Å²) < 4.78 is 10.3. The number of ether oxygens (including phenoxy) is 2. The lowest BCUT2D eigenvalue weighted by Crippen LogP contribution is -2.25. The Hall–Kier alpha value is -1.75. The fourth-order valence-corrected chi connectivity index (χ4v) is 2.22. The number of hydrogen-bond acceptors (Lipinski definition) is 5. The van der Waals surface area contributed by atoms with Crippen molar-refractivity contribution in [1.29, 1.82) is 0 Å². The first kappa shape index (κ1) is 13.7. The highest BCUT2D eigenvalue weighted by molar-refractivity contribution is 5.91. The first-order valence-electron chi connectivity index (χ1n) is 6.53. The van der Waals surface area contributed by atoms with Crippen LogP contribution in [-0.2, 0) is 4.74 Å². The number of carbonyl (C=O) groups excluding carboxylic acids is 1. The van der Waals surface area contributed by atoms with Crippen LogP contribution < -0.4 is 10.5 Å². The molecule has 0 aromatic heterocycles. The summed E-state index contributed by atoms with van der Waals surface area (Å²) >= 11 is 0. The van der Waals surface area contributed by atoms with Gasteiger partial charge in [-0.05, 0) is 44.1 Å². The number of nitrogen functional groups attached to an aromatic ring is 1. The predicted octanol–water partition coefficient (Wildman–Crippen LogP) is 1.53. The summed E-state index contributed by atoms with van der Waals surface area (Å²) in [6, 6.07) is 4.91. The van der Waals surface area contributed by atoms with Gasteiger partial charge in [-0.15, -0.1) is 0 Å². The maximum Gasteiger partial charge on any atom is 0.338 e. The largest absolute Gasteiger partial charge is 0.495 e. The van der Waals surface area contributed by atoms with E-state index in [1.807, 2.05) is 0 Å². The monoisotopic (exact) mass is 264 g/mol. The Balaban J connectivity index is 1.83. The molecule has 1 aromatic carbocycles. The molecule has 1 heterocycles. The van der Waals surface area contributed by atoms with E-state index in [0.29, 0.717) is 23.6 Å². The van der Waals surface area contributed by atoms with Crippen LogP contribution in [0.2, 0.25) is 0 Å². The topological polar surface area (TPSA) is 64.8 Å². The second-order valence-corrected chi connectivity index (χ2v) is 4.64. The van der Waals surface area contributed by atoms with E-state index in [0.717, 1.165) is 19.6 Å². The van der Waals surface area contributed by atoms with Gasteiger partial charge >= 0.3 is 5.97 Å². The van der Waals surface area contributed by atoms with E-state index in [1.54, 1.807) is 25.3 Å². The number of carbonyl (C=O) groups is 1. The van der Waals surface area contributed by atoms with Crippen molar-refractivity contribution >= 4 is 11.7 Å². The van der Waals surface area contributed by atoms with Crippen molar-refractivity contribution < 1.29 is 14.3 Å². The lowest BCUT2D eigenvalue weighted by molar-refractivity contribution is 0.0472. The molecule has 1 aliphatic rings. The molecule has 0 atom stereocenters. The smallest absolute Gasteiger partial charge is 0.338 e. The third kappa shape index (κ3) is 3.61. The summed E-state index contributed by atoms with van der Waals surface area (Å²) in [6.45, 7) is 3.43. The molecular formula is C14H20N2O3. The van der Waals surface area contributed by atoms with E-state index < -0.39 is 0 Å². The van der Waals surface area contributed by atoms with Crippen molar-refractivity contribution in [3.8, 4) is 5.75 Å². The summed E-state index contributed by atoms with van der Waals surface area (Å²) in [7, 11) is 1.54. The van der Waals surface area contributed by atoms with Gasteiger partial charge < -0.3 is 15.2 Å². The maximum atomic E-state index is 11.8. The Bertz CT molecular complexity index is 442. The number of methoxy groups -OCH3 is 1. The molecule has 0 saturated carbocycles. The number of nitrogens with two attached hydrogens (primary N) is 1. The van der Waals surface area contributed by atoms with Gasteiger partial charge in [0.2, 0.25) is 0 Å². The number of nitrogens with zero attached hydrogens (tertiary/aromatic N) is 1. The normalized spacial score (nSPS) is 15.4. The number of likely N-dealkylation sites (tertiary alicyclic amines) is 1. The summed E-state index contributed by atoms with van der Waals surface area (Å²) in [6.07, 6.45) is 2.48. The average molecular weight is 264 g/mol. The molecule has 1 aliphatic heterocycles. The summed E-state index contributed by atoms with van der Waals surface area (Å²) in [5.74, 6) is 0.224. The average Bonchev–Trinajstić information content (AvgIpc) is 2.91. The van der Waals surface area contributed by atoms with Crippen molar-refractivity contribution in [3.63, 3.8) is 0 Å². The number of rotatable bonds is 5. The molecule has 1 aromatic rings. The third-order valence-electron chi connectivity index (χ3n) is 3.30. The highest BCUT2D eigenvalue weighted by atomic mass is 16.5. The van der Waals surface area contributed by atoms with Crippen molar-refractivity contribution in [2.45, 2.75) is 12.8 Å². The van der Waals surface area contributed by atoms with Crippen LogP contribution >= 0.6 is 0 Å². The lowest BCUT2D eigenvalue weighted by Gasteiger charge is -2.14. The minimum atomic E-state index is -0.339. The second-order valence-electron chi connectivity index (χ2n) is 4.64. The summed E-state index contributed by atoms with van der Waals surface area (Å²) in [4.78, 5) is 14.1. The molecule has 0 unspecified atom stereocenters. The second kappa shape index (κ2) is 6.43. The Kier molecular flexibility index (Phi) is 4.63. The van der Waals surface area contributed by atoms with Crippen LogP contribution in [0.3, 0.4) is 0 Å². The minimum Gasteiger partial charge on any atom is -0.495 e. The van der Waals surface area contributed by atoms with Gasteiger partial charge in [0, 0.05) is 6.54 Å². The molecule has 104 valence electrons. The van der Waals surface area contributed by atoms with Gasteiger partial charge in [-0.3, -0.25) is 4.90 Å². The Morgan fingerprint density at radius 2 is 2.11 bits per heavy atom. The van der Waals surface area contributed by atoms with E-state index in [-0.39, 0.29) is 5.97 Å².